The van der Waals surface area contributed by atoms with Gasteiger partial charge in [-0.1, -0.05) is 54.1 Å². The maximum Gasteiger partial charge on any atom is 0.271 e. The molecule has 0 unspecified atom stereocenters. The number of rotatable bonds is 4. The van der Waals surface area contributed by atoms with E-state index in [1.54, 1.807) is 24.3 Å². The maximum atomic E-state index is 11.9. The molecule has 0 aliphatic heterocycles. The number of amides is 1. The van der Waals surface area contributed by atoms with Crippen molar-refractivity contribution in [1.29, 1.82) is 0 Å². The highest BCUT2D eigenvalue weighted by atomic mass is 35.5. The van der Waals surface area contributed by atoms with Gasteiger partial charge in [-0.15, -0.1) is 0 Å². The lowest BCUT2D eigenvalue weighted by Gasteiger charge is -2.01. The van der Waals surface area contributed by atoms with Crippen molar-refractivity contribution in [3.63, 3.8) is 0 Å². The van der Waals surface area contributed by atoms with Crippen LogP contribution in [-0.4, -0.2) is 11.6 Å². The van der Waals surface area contributed by atoms with Gasteiger partial charge in [0.15, 0.2) is 0 Å². The number of nitrogens with zero attached hydrogens (tertiary/aromatic N) is 1. The van der Waals surface area contributed by atoms with Crippen molar-refractivity contribution in [2.75, 3.05) is 0 Å². The van der Waals surface area contributed by atoms with E-state index in [2.05, 4.69) is 10.5 Å². The third-order valence-corrected chi connectivity index (χ3v) is 2.97. The number of carbonyl (C=O) groups excluding carboxylic acids is 1. The molecule has 0 aliphatic rings. The Morgan fingerprint density at radius 3 is 2.62 bits per heavy atom. The summed E-state index contributed by atoms with van der Waals surface area (Å²) in [5.74, 6) is -0.287. The van der Waals surface area contributed by atoms with E-state index in [1.807, 2.05) is 49.4 Å². The van der Waals surface area contributed by atoms with Gasteiger partial charge in [0.25, 0.3) is 5.91 Å². The third kappa shape index (κ3) is 4.89. The fraction of sp³-hybridized carbons (Fsp3) is 0.0588. The highest BCUT2D eigenvalue weighted by Gasteiger charge is 2.04. The van der Waals surface area contributed by atoms with Gasteiger partial charge in [0, 0.05) is 10.6 Å². The molecule has 1 N–H and O–H groups in total. The van der Waals surface area contributed by atoms with Crippen LogP contribution in [-0.2, 0) is 0 Å². The summed E-state index contributed by atoms with van der Waals surface area (Å²) in [4.78, 5) is 11.9. The van der Waals surface area contributed by atoms with Crippen molar-refractivity contribution in [2.45, 2.75) is 6.92 Å². The van der Waals surface area contributed by atoms with E-state index < -0.39 is 0 Å². The largest absolute Gasteiger partial charge is 0.271 e. The lowest BCUT2D eigenvalue weighted by Crippen LogP contribution is -2.18. The minimum Gasteiger partial charge on any atom is -0.267 e. The standard InChI is InChI=1S/C17H15ClN2O/c1-13(10-11-14-6-3-2-4-7-14)19-20-17(21)15-8-5-9-16(18)12-15/h2-12H,1H3,(H,20,21)/b11-10+,19-13+. The summed E-state index contributed by atoms with van der Waals surface area (Å²) in [7, 11) is 0. The Balaban J connectivity index is 1.97. The van der Waals surface area contributed by atoms with Gasteiger partial charge in [0.2, 0.25) is 0 Å². The van der Waals surface area contributed by atoms with E-state index in [1.165, 1.54) is 0 Å². The summed E-state index contributed by atoms with van der Waals surface area (Å²) in [5.41, 5.74) is 4.76. The minimum absolute atomic E-state index is 0.287. The Hall–Kier alpha value is -2.39. The summed E-state index contributed by atoms with van der Waals surface area (Å²) in [6.07, 6.45) is 3.78. The zero-order valence-electron chi connectivity index (χ0n) is 11.6. The molecule has 0 atom stereocenters. The first-order chi connectivity index (χ1) is 10.1. The van der Waals surface area contributed by atoms with Crippen LogP contribution in [0.3, 0.4) is 0 Å². The zero-order valence-corrected chi connectivity index (χ0v) is 12.3. The van der Waals surface area contributed by atoms with Crippen molar-refractivity contribution in [3.05, 3.63) is 76.8 Å². The molecule has 2 aromatic rings. The van der Waals surface area contributed by atoms with Gasteiger partial charge < -0.3 is 0 Å². The molecular weight excluding hydrogens is 284 g/mol. The van der Waals surface area contributed by atoms with Gasteiger partial charge >= 0.3 is 0 Å². The van der Waals surface area contributed by atoms with Crippen LogP contribution in [0.15, 0.2) is 65.8 Å². The molecule has 0 heterocycles. The third-order valence-electron chi connectivity index (χ3n) is 2.74. The number of hydrogen-bond donors (Lipinski definition) is 1. The number of hydrazone groups is 1. The summed E-state index contributed by atoms with van der Waals surface area (Å²) in [5, 5.41) is 4.55. The first-order valence-electron chi connectivity index (χ1n) is 6.48. The molecule has 4 heteroatoms. The second kappa shape index (κ2) is 7.41. The molecule has 2 aromatic carbocycles. The molecule has 0 saturated heterocycles. The molecule has 0 aromatic heterocycles. The van der Waals surface area contributed by atoms with Crippen LogP contribution in [0, 0.1) is 0 Å². The van der Waals surface area contributed by atoms with Crippen molar-refractivity contribution in [3.8, 4) is 0 Å². The first kappa shape index (κ1) is 15.0. The summed E-state index contributed by atoms with van der Waals surface area (Å²) < 4.78 is 0. The number of halogens is 1. The molecule has 0 spiro atoms. The molecule has 0 fully saturated rings. The Bertz CT molecular complexity index is 678. The van der Waals surface area contributed by atoms with Crippen LogP contribution >= 0.6 is 11.6 Å². The first-order valence-corrected chi connectivity index (χ1v) is 6.86. The molecular formula is C17H15ClN2O. The fourth-order valence-corrected chi connectivity index (χ4v) is 1.84. The second-order valence-corrected chi connectivity index (χ2v) is 4.88. The van der Waals surface area contributed by atoms with E-state index in [0.29, 0.717) is 16.3 Å². The topological polar surface area (TPSA) is 41.5 Å². The minimum atomic E-state index is -0.287. The fourth-order valence-electron chi connectivity index (χ4n) is 1.65. The summed E-state index contributed by atoms with van der Waals surface area (Å²) in [6.45, 7) is 1.82. The molecule has 0 bridgehead atoms. The van der Waals surface area contributed by atoms with Crippen LogP contribution < -0.4 is 5.43 Å². The van der Waals surface area contributed by atoms with Crippen molar-refractivity contribution in [1.82, 2.24) is 5.43 Å². The predicted octanol–water partition coefficient (Wildman–Crippen LogP) is 4.16. The SMILES string of the molecule is CC(/C=C/c1ccccc1)=N\NC(=O)c1cccc(Cl)c1. The molecule has 0 aliphatic carbocycles. The van der Waals surface area contributed by atoms with Gasteiger partial charge in [-0.05, 0) is 36.8 Å². The maximum absolute atomic E-state index is 11.9. The Labute approximate surface area is 129 Å². The average molecular weight is 299 g/mol. The zero-order chi connectivity index (χ0) is 15.1. The monoisotopic (exact) mass is 298 g/mol. The van der Waals surface area contributed by atoms with Gasteiger partial charge in [-0.25, -0.2) is 5.43 Å². The number of carbonyl (C=O) groups is 1. The Morgan fingerprint density at radius 2 is 1.90 bits per heavy atom. The number of allylic oxidation sites excluding steroid dienone is 1. The molecule has 2 rings (SSSR count). The summed E-state index contributed by atoms with van der Waals surface area (Å²) in [6, 6.07) is 16.6. The van der Waals surface area contributed by atoms with Gasteiger partial charge in [0.05, 0.1) is 5.71 Å². The predicted molar refractivity (Wildman–Crippen MR) is 87.5 cm³/mol. The molecule has 0 radical (unpaired) electrons. The van der Waals surface area contributed by atoms with E-state index in [9.17, 15) is 4.79 Å². The van der Waals surface area contributed by atoms with Crippen molar-refractivity contribution >= 4 is 29.3 Å². The highest BCUT2D eigenvalue weighted by Crippen LogP contribution is 2.10. The van der Waals surface area contributed by atoms with Crippen LogP contribution in [0.1, 0.15) is 22.8 Å². The van der Waals surface area contributed by atoms with E-state index >= 15 is 0 Å². The second-order valence-electron chi connectivity index (χ2n) is 4.45. The quantitative estimate of drug-likeness (QED) is 0.668. The van der Waals surface area contributed by atoms with Gasteiger partial charge in [-0.3, -0.25) is 4.79 Å². The van der Waals surface area contributed by atoms with Crippen LogP contribution in [0.25, 0.3) is 6.08 Å². The van der Waals surface area contributed by atoms with Crippen molar-refractivity contribution in [2.24, 2.45) is 5.10 Å². The van der Waals surface area contributed by atoms with Crippen LogP contribution in [0.2, 0.25) is 5.02 Å². The van der Waals surface area contributed by atoms with E-state index in [-0.39, 0.29) is 5.91 Å². The molecule has 3 nitrogen and oxygen atoms in total. The Kier molecular flexibility index (Phi) is 5.29. The van der Waals surface area contributed by atoms with E-state index in [0.717, 1.165) is 5.56 Å². The van der Waals surface area contributed by atoms with Crippen LogP contribution in [0.4, 0.5) is 0 Å². The van der Waals surface area contributed by atoms with E-state index in [4.69, 9.17) is 11.6 Å². The molecule has 0 saturated carbocycles. The number of nitrogens with one attached hydrogen (secondary N) is 1. The van der Waals surface area contributed by atoms with Gasteiger partial charge in [-0.2, -0.15) is 5.10 Å². The van der Waals surface area contributed by atoms with Crippen LogP contribution in [0.5, 0.6) is 0 Å². The Morgan fingerprint density at radius 1 is 1.14 bits per heavy atom. The molecule has 21 heavy (non-hydrogen) atoms. The molecule has 106 valence electrons. The van der Waals surface area contributed by atoms with Crippen molar-refractivity contribution < 1.29 is 4.79 Å². The lowest BCUT2D eigenvalue weighted by atomic mass is 10.2. The average Bonchev–Trinajstić information content (AvgIpc) is 2.51. The highest BCUT2D eigenvalue weighted by molar-refractivity contribution is 6.30. The number of hydrogen-bond acceptors (Lipinski definition) is 2. The number of benzene rings is 2. The lowest BCUT2D eigenvalue weighted by molar-refractivity contribution is 0.0955. The summed E-state index contributed by atoms with van der Waals surface area (Å²) >= 11 is 5.84. The molecule has 1 amide bonds. The normalized spacial score (nSPS) is 11.6. The smallest absolute Gasteiger partial charge is 0.267 e. The van der Waals surface area contributed by atoms with Gasteiger partial charge in [0.1, 0.15) is 0 Å².